The molecule has 1 aliphatic carbocycles. The molecule has 1 saturated carbocycles. The van der Waals surface area contributed by atoms with Crippen molar-refractivity contribution in [2.45, 2.75) is 60.3 Å². The Labute approximate surface area is 261 Å². The van der Waals surface area contributed by atoms with Gasteiger partial charge in [0, 0.05) is 44.1 Å². The number of carbonyl (C=O) groups is 1. The van der Waals surface area contributed by atoms with E-state index in [1.807, 2.05) is 36.4 Å². The molecular formula is C36H41N3O4S. The van der Waals surface area contributed by atoms with Crippen LogP contribution in [0.25, 0.3) is 0 Å². The van der Waals surface area contributed by atoms with E-state index in [1.165, 1.54) is 6.92 Å². The van der Waals surface area contributed by atoms with Crippen molar-refractivity contribution in [2.24, 2.45) is 17.8 Å². The smallest absolute Gasteiger partial charge is 0.302 e. The lowest BCUT2D eigenvalue weighted by atomic mass is 9.59. The second kappa shape index (κ2) is 12.7. The molecule has 3 aliphatic rings. The van der Waals surface area contributed by atoms with Gasteiger partial charge in [0.25, 0.3) is 0 Å². The van der Waals surface area contributed by atoms with Crippen LogP contribution in [0.1, 0.15) is 44.6 Å². The molecule has 0 radical (unpaired) electrons. The van der Waals surface area contributed by atoms with Crippen molar-refractivity contribution in [1.82, 2.24) is 4.90 Å². The van der Waals surface area contributed by atoms with Crippen molar-refractivity contribution in [3.05, 3.63) is 90.5 Å². The van der Waals surface area contributed by atoms with Gasteiger partial charge in [0.15, 0.2) is 0 Å². The number of anilines is 1. The number of sulfone groups is 1. The summed E-state index contributed by atoms with van der Waals surface area (Å²) in [6, 6.07) is 28.8. The van der Waals surface area contributed by atoms with Crippen molar-refractivity contribution >= 4 is 21.5 Å². The van der Waals surface area contributed by atoms with Gasteiger partial charge in [-0.3, -0.25) is 4.79 Å². The Bertz CT molecular complexity index is 1580. The van der Waals surface area contributed by atoms with Gasteiger partial charge in [-0.25, -0.2) is 8.42 Å². The zero-order valence-electron chi connectivity index (χ0n) is 25.3. The van der Waals surface area contributed by atoms with Crippen LogP contribution in [-0.4, -0.2) is 58.1 Å². The highest BCUT2D eigenvalue weighted by Crippen LogP contribution is 2.51. The summed E-state index contributed by atoms with van der Waals surface area (Å²) < 4.78 is 31.7. The van der Waals surface area contributed by atoms with E-state index in [4.69, 9.17) is 4.74 Å². The summed E-state index contributed by atoms with van der Waals surface area (Å²) in [6.07, 6.45) is 4.38. The Morgan fingerprint density at radius 1 is 0.886 bits per heavy atom. The van der Waals surface area contributed by atoms with E-state index in [2.05, 4.69) is 28.0 Å². The zero-order chi connectivity index (χ0) is 30.7. The molecule has 3 aromatic rings. The van der Waals surface area contributed by atoms with Crippen LogP contribution in [0.3, 0.4) is 0 Å². The van der Waals surface area contributed by atoms with E-state index in [-0.39, 0.29) is 23.9 Å². The maximum Gasteiger partial charge on any atom is 0.302 e. The molecule has 3 fully saturated rings. The van der Waals surface area contributed by atoms with Gasteiger partial charge in [-0.2, -0.15) is 5.26 Å². The number of benzene rings is 3. The predicted molar refractivity (Wildman–Crippen MR) is 170 cm³/mol. The molecule has 2 saturated heterocycles. The third-order valence-electron chi connectivity index (χ3n) is 10.1. The standard InChI is InChI=1S/C36H41N3O4S/c1-27(40)43-35-14-8-13-34(35)36(26-37,29-9-4-2-5-10-29)30-19-21-38(22-20-30)23-28-24-39(25-28)31-15-17-33(18-16-31)44(41,42)32-11-6-3-7-12-32/h2-7,9-12,15-18,28,30,34-35H,8,13-14,19-25H2,1H3/t34-,35-,36?/m0/s1. The molecule has 0 N–H and O–H groups in total. The van der Waals surface area contributed by atoms with Gasteiger partial charge in [0.1, 0.15) is 6.10 Å². The molecule has 44 heavy (non-hydrogen) atoms. The topological polar surface area (TPSA) is 90.7 Å². The van der Waals surface area contributed by atoms with E-state index in [9.17, 15) is 18.5 Å². The van der Waals surface area contributed by atoms with Gasteiger partial charge in [0.05, 0.1) is 21.3 Å². The van der Waals surface area contributed by atoms with Gasteiger partial charge >= 0.3 is 5.97 Å². The fourth-order valence-corrected chi connectivity index (χ4v) is 9.19. The van der Waals surface area contributed by atoms with Gasteiger partial charge in [-0.15, -0.1) is 0 Å². The quantitative estimate of drug-likeness (QED) is 0.280. The fourth-order valence-electron chi connectivity index (χ4n) is 7.91. The summed E-state index contributed by atoms with van der Waals surface area (Å²) in [4.78, 5) is 17.4. The number of likely N-dealkylation sites (tertiary alicyclic amines) is 1. The summed E-state index contributed by atoms with van der Waals surface area (Å²) in [6.45, 7) is 6.29. The first-order valence-corrected chi connectivity index (χ1v) is 17.3. The van der Waals surface area contributed by atoms with Crippen LogP contribution in [0.15, 0.2) is 94.7 Å². The number of carbonyl (C=O) groups excluding carboxylic acids is 1. The lowest BCUT2D eigenvalue weighted by molar-refractivity contribution is -0.149. The van der Waals surface area contributed by atoms with Crippen molar-refractivity contribution in [1.29, 1.82) is 5.26 Å². The number of piperidine rings is 1. The van der Waals surface area contributed by atoms with Crippen molar-refractivity contribution < 1.29 is 17.9 Å². The summed E-state index contributed by atoms with van der Waals surface area (Å²) in [5, 5.41) is 10.9. The molecule has 0 bridgehead atoms. The Morgan fingerprint density at radius 3 is 2.11 bits per heavy atom. The second-order valence-electron chi connectivity index (χ2n) is 12.7. The maximum atomic E-state index is 12.9. The SMILES string of the molecule is CC(=O)O[C@H]1CCC[C@@H]1C(C#N)(c1ccccc1)C1CCN(CC2CN(c3ccc(S(=O)(=O)c4ccccc4)cc3)C2)CC1. The Morgan fingerprint density at radius 2 is 1.50 bits per heavy atom. The Balaban J connectivity index is 1.06. The number of nitrogens with zero attached hydrogens (tertiary/aromatic N) is 3. The molecule has 0 amide bonds. The Kier molecular flexibility index (Phi) is 8.80. The molecule has 3 atom stereocenters. The molecule has 8 heteroatoms. The molecule has 2 aliphatic heterocycles. The summed E-state index contributed by atoms with van der Waals surface area (Å²) in [5.41, 5.74) is 1.44. The average molecular weight is 612 g/mol. The van der Waals surface area contributed by atoms with Crippen molar-refractivity contribution in [2.75, 3.05) is 37.6 Å². The highest BCUT2D eigenvalue weighted by Gasteiger charge is 2.53. The largest absolute Gasteiger partial charge is 0.462 e. The van der Waals surface area contributed by atoms with E-state index < -0.39 is 15.3 Å². The van der Waals surface area contributed by atoms with E-state index in [0.29, 0.717) is 15.7 Å². The van der Waals surface area contributed by atoms with Crippen molar-refractivity contribution in [3.8, 4) is 6.07 Å². The number of hydrogen-bond donors (Lipinski definition) is 0. The Hall–Kier alpha value is -3.67. The predicted octanol–water partition coefficient (Wildman–Crippen LogP) is 5.86. The summed E-state index contributed by atoms with van der Waals surface area (Å²) >= 11 is 0. The van der Waals surface area contributed by atoms with E-state index in [0.717, 1.165) is 76.1 Å². The minimum absolute atomic E-state index is 0.00427. The lowest BCUT2D eigenvalue weighted by Gasteiger charge is -2.48. The maximum absolute atomic E-state index is 12.9. The van der Waals surface area contributed by atoms with Crippen LogP contribution in [0.4, 0.5) is 5.69 Å². The monoisotopic (exact) mass is 611 g/mol. The molecule has 1 unspecified atom stereocenters. The third-order valence-corrected chi connectivity index (χ3v) is 11.8. The van der Waals surface area contributed by atoms with E-state index >= 15 is 0 Å². The number of ether oxygens (including phenoxy) is 1. The number of rotatable bonds is 9. The van der Waals surface area contributed by atoms with Crippen molar-refractivity contribution in [3.63, 3.8) is 0 Å². The first-order chi connectivity index (χ1) is 21.3. The van der Waals surface area contributed by atoms with E-state index in [1.54, 1.807) is 36.4 Å². The van der Waals surface area contributed by atoms with Crippen LogP contribution in [0.5, 0.6) is 0 Å². The molecular weight excluding hydrogens is 570 g/mol. The molecule has 0 spiro atoms. The average Bonchev–Trinajstić information content (AvgIpc) is 3.49. The molecule has 6 rings (SSSR count). The van der Waals surface area contributed by atoms with Gasteiger partial charge in [-0.1, -0.05) is 48.5 Å². The molecule has 0 aromatic heterocycles. The summed E-state index contributed by atoms with van der Waals surface area (Å²) in [7, 11) is -3.52. The molecule has 3 aromatic carbocycles. The number of nitriles is 1. The molecule has 2 heterocycles. The minimum Gasteiger partial charge on any atom is -0.462 e. The second-order valence-corrected chi connectivity index (χ2v) is 14.6. The normalized spacial score (nSPS) is 23.0. The fraction of sp³-hybridized carbons (Fsp3) is 0.444. The van der Waals surface area contributed by atoms with Crippen LogP contribution in [0, 0.1) is 29.1 Å². The van der Waals surface area contributed by atoms with Gasteiger partial charge in [-0.05, 0) is 93.1 Å². The lowest BCUT2D eigenvalue weighted by Crippen LogP contribution is -2.54. The van der Waals surface area contributed by atoms with Crippen LogP contribution < -0.4 is 4.90 Å². The van der Waals surface area contributed by atoms with Gasteiger partial charge in [0.2, 0.25) is 9.84 Å². The minimum atomic E-state index is -3.52. The third kappa shape index (κ3) is 5.88. The molecule has 230 valence electrons. The molecule has 7 nitrogen and oxygen atoms in total. The first-order valence-electron chi connectivity index (χ1n) is 15.8. The number of hydrogen-bond acceptors (Lipinski definition) is 7. The highest BCUT2D eigenvalue weighted by atomic mass is 32.2. The summed E-state index contributed by atoms with van der Waals surface area (Å²) in [5.74, 6) is 0.497. The first kappa shape index (κ1) is 30.4. The van der Waals surface area contributed by atoms with Crippen LogP contribution >= 0.6 is 0 Å². The number of esters is 1. The van der Waals surface area contributed by atoms with Gasteiger partial charge < -0.3 is 14.5 Å². The zero-order valence-corrected chi connectivity index (χ0v) is 26.2. The van der Waals surface area contributed by atoms with Crippen LogP contribution in [-0.2, 0) is 24.8 Å². The van der Waals surface area contributed by atoms with Crippen LogP contribution in [0.2, 0.25) is 0 Å². The highest BCUT2D eigenvalue weighted by molar-refractivity contribution is 7.91.